The van der Waals surface area contributed by atoms with Crippen molar-refractivity contribution in [3.05, 3.63) is 42.0 Å². The predicted octanol–water partition coefficient (Wildman–Crippen LogP) is 2.92. The third-order valence-corrected chi connectivity index (χ3v) is 3.52. The van der Waals surface area contributed by atoms with E-state index in [1.165, 1.54) is 23.9 Å². The Kier molecular flexibility index (Phi) is 3.68. The molecule has 0 aliphatic carbocycles. The van der Waals surface area contributed by atoms with Crippen molar-refractivity contribution in [3.8, 4) is 0 Å². The minimum absolute atomic E-state index is 0.258. The second kappa shape index (κ2) is 5.23. The summed E-state index contributed by atoms with van der Waals surface area (Å²) in [5.41, 5.74) is 7.50. The number of nitrogen functional groups attached to an aromatic ring is 1. The van der Waals surface area contributed by atoms with Crippen molar-refractivity contribution < 1.29 is 4.39 Å². The van der Waals surface area contributed by atoms with Crippen molar-refractivity contribution in [2.75, 3.05) is 5.73 Å². The molecule has 0 fully saturated rings. The molecule has 0 spiro atoms. The number of nitrogens with zero attached hydrogens (tertiary/aromatic N) is 2. The Balaban J connectivity index is 2.04. The molecule has 0 aliphatic rings. The van der Waals surface area contributed by atoms with E-state index < -0.39 is 0 Å². The Morgan fingerprint density at radius 2 is 2.29 bits per heavy atom. The van der Waals surface area contributed by atoms with Gasteiger partial charge in [-0.05, 0) is 25.1 Å². The maximum Gasteiger partial charge on any atom is 0.124 e. The van der Waals surface area contributed by atoms with E-state index >= 15 is 0 Å². The van der Waals surface area contributed by atoms with Crippen molar-refractivity contribution >= 4 is 17.4 Å². The third kappa shape index (κ3) is 3.00. The van der Waals surface area contributed by atoms with E-state index in [2.05, 4.69) is 5.10 Å². The monoisotopic (exact) mass is 251 g/mol. The first-order chi connectivity index (χ1) is 8.19. The smallest absolute Gasteiger partial charge is 0.124 e. The van der Waals surface area contributed by atoms with Gasteiger partial charge in [0.05, 0.1) is 6.20 Å². The zero-order valence-corrected chi connectivity index (χ0v) is 10.4. The van der Waals surface area contributed by atoms with Gasteiger partial charge in [0.15, 0.2) is 0 Å². The molecule has 0 aliphatic heterocycles. The zero-order chi connectivity index (χ0) is 12.3. The number of anilines is 1. The first-order valence-corrected chi connectivity index (χ1v) is 6.36. The molecule has 2 rings (SSSR count). The first-order valence-electron chi connectivity index (χ1n) is 5.38. The molecular formula is C12H14FN3S. The maximum atomic E-state index is 13.0. The van der Waals surface area contributed by atoms with Gasteiger partial charge < -0.3 is 5.73 Å². The van der Waals surface area contributed by atoms with Crippen LogP contribution < -0.4 is 5.73 Å². The van der Waals surface area contributed by atoms with Crippen LogP contribution in [0.2, 0.25) is 0 Å². The number of aromatic nitrogens is 2. The van der Waals surface area contributed by atoms with Gasteiger partial charge in [-0.15, -0.1) is 11.8 Å². The number of hydrogen-bond acceptors (Lipinski definition) is 3. The summed E-state index contributed by atoms with van der Waals surface area (Å²) in [7, 11) is 0. The van der Waals surface area contributed by atoms with Gasteiger partial charge in [0.2, 0.25) is 0 Å². The molecule has 0 bridgehead atoms. The summed E-state index contributed by atoms with van der Waals surface area (Å²) in [6.45, 7) is 2.89. The van der Waals surface area contributed by atoms with Crippen LogP contribution in [-0.4, -0.2) is 9.78 Å². The maximum absolute atomic E-state index is 13.0. The Morgan fingerprint density at radius 1 is 1.47 bits per heavy atom. The molecule has 5 heteroatoms. The summed E-state index contributed by atoms with van der Waals surface area (Å²) in [5.74, 6) is 0.485. The van der Waals surface area contributed by atoms with E-state index in [0.717, 1.165) is 22.8 Å². The summed E-state index contributed by atoms with van der Waals surface area (Å²) in [6, 6.07) is 4.42. The van der Waals surface area contributed by atoms with Gasteiger partial charge in [-0.2, -0.15) is 5.10 Å². The fourth-order valence-electron chi connectivity index (χ4n) is 1.45. The number of halogens is 1. The van der Waals surface area contributed by atoms with E-state index in [4.69, 9.17) is 5.73 Å². The van der Waals surface area contributed by atoms with Crippen LogP contribution in [0.25, 0.3) is 0 Å². The van der Waals surface area contributed by atoms with Crippen molar-refractivity contribution in [2.24, 2.45) is 0 Å². The number of benzene rings is 1. The Morgan fingerprint density at radius 3 is 3.00 bits per heavy atom. The Hall–Kier alpha value is -1.49. The lowest BCUT2D eigenvalue weighted by atomic mass is 10.3. The lowest BCUT2D eigenvalue weighted by Crippen LogP contribution is -1.92. The van der Waals surface area contributed by atoms with E-state index in [1.54, 1.807) is 6.07 Å². The molecule has 0 radical (unpaired) electrons. The first kappa shape index (κ1) is 12.0. The average molecular weight is 251 g/mol. The molecule has 1 aromatic carbocycles. The molecule has 0 saturated heterocycles. The van der Waals surface area contributed by atoms with Gasteiger partial charge in [-0.3, -0.25) is 4.68 Å². The Bertz CT molecular complexity index is 510. The van der Waals surface area contributed by atoms with Gasteiger partial charge in [0.25, 0.3) is 0 Å². The summed E-state index contributed by atoms with van der Waals surface area (Å²) >= 11 is 1.52. The number of hydrogen-bond donors (Lipinski definition) is 1. The summed E-state index contributed by atoms with van der Waals surface area (Å²) in [4.78, 5) is 0.772. The van der Waals surface area contributed by atoms with Gasteiger partial charge in [0, 0.05) is 34.6 Å². The Labute approximate surface area is 104 Å². The fourth-order valence-corrected chi connectivity index (χ4v) is 2.35. The third-order valence-electron chi connectivity index (χ3n) is 2.38. The van der Waals surface area contributed by atoms with E-state index in [9.17, 15) is 4.39 Å². The van der Waals surface area contributed by atoms with Crippen molar-refractivity contribution in [2.45, 2.75) is 24.1 Å². The van der Waals surface area contributed by atoms with Gasteiger partial charge in [-0.25, -0.2) is 4.39 Å². The highest BCUT2D eigenvalue weighted by molar-refractivity contribution is 7.98. The molecule has 0 amide bonds. The highest BCUT2D eigenvalue weighted by Gasteiger charge is 2.04. The topological polar surface area (TPSA) is 43.8 Å². The van der Waals surface area contributed by atoms with Crippen LogP contribution in [0.1, 0.15) is 12.5 Å². The molecule has 0 saturated carbocycles. The minimum Gasteiger partial charge on any atom is -0.398 e. The zero-order valence-electron chi connectivity index (χ0n) is 9.56. The fraction of sp³-hybridized carbons (Fsp3) is 0.250. The minimum atomic E-state index is -0.258. The lowest BCUT2D eigenvalue weighted by Gasteiger charge is -2.04. The molecule has 2 aromatic rings. The molecule has 1 heterocycles. The van der Waals surface area contributed by atoms with Crippen LogP contribution >= 0.6 is 11.8 Å². The molecular weight excluding hydrogens is 237 g/mol. The number of aryl methyl sites for hydroxylation is 1. The number of thioether (sulfide) groups is 1. The van der Waals surface area contributed by atoms with Crippen LogP contribution in [0.3, 0.4) is 0 Å². The largest absolute Gasteiger partial charge is 0.398 e. The molecule has 0 atom stereocenters. The standard InChI is InChI=1S/C12H14FN3S/c1-2-16-7-9(6-15-16)8-17-12-5-10(13)3-4-11(12)14/h3-7H,2,8,14H2,1H3. The van der Waals surface area contributed by atoms with Gasteiger partial charge >= 0.3 is 0 Å². The van der Waals surface area contributed by atoms with Crippen LogP contribution in [0.5, 0.6) is 0 Å². The van der Waals surface area contributed by atoms with Crippen LogP contribution in [-0.2, 0) is 12.3 Å². The second-order valence-electron chi connectivity index (χ2n) is 3.68. The van der Waals surface area contributed by atoms with E-state index in [0.29, 0.717) is 5.69 Å². The quantitative estimate of drug-likeness (QED) is 0.671. The normalized spacial score (nSPS) is 10.7. The van der Waals surface area contributed by atoms with Crippen LogP contribution in [0, 0.1) is 5.82 Å². The van der Waals surface area contributed by atoms with E-state index in [1.807, 2.05) is 24.0 Å². The van der Waals surface area contributed by atoms with E-state index in [-0.39, 0.29) is 5.82 Å². The highest BCUT2D eigenvalue weighted by atomic mass is 32.2. The van der Waals surface area contributed by atoms with Crippen molar-refractivity contribution in [1.82, 2.24) is 9.78 Å². The summed E-state index contributed by atoms with van der Waals surface area (Å²) in [6.07, 6.45) is 3.81. The van der Waals surface area contributed by atoms with Crippen molar-refractivity contribution in [3.63, 3.8) is 0 Å². The molecule has 17 heavy (non-hydrogen) atoms. The van der Waals surface area contributed by atoms with Gasteiger partial charge in [0.1, 0.15) is 5.82 Å². The van der Waals surface area contributed by atoms with Crippen LogP contribution in [0.4, 0.5) is 10.1 Å². The molecule has 2 N–H and O–H groups in total. The summed E-state index contributed by atoms with van der Waals surface area (Å²) < 4.78 is 14.9. The second-order valence-corrected chi connectivity index (χ2v) is 4.69. The highest BCUT2D eigenvalue weighted by Crippen LogP contribution is 2.28. The summed E-state index contributed by atoms with van der Waals surface area (Å²) in [5, 5.41) is 4.18. The average Bonchev–Trinajstić information content (AvgIpc) is 2.78. The molecule has 1 aromatic heterocycles. The number of nitrogens with two attached hydrogens (primary N) is 1. The van der Waals surface area contributed by atoms with Crippen molar-refractivity contribution in [1.29, 1.82) is 0 Å². The molecule has 90 valence electrons. The SMILES string of the molecule is CCn1cc(CSc2cc(F)ccc2N)cn1. The van der Waals surface area contributed by atoms with Gasteiger partial charge in [-0.1, -0.05) is 0 Å². The molecule has 0 unspecified atom stereocenters. The molecule has 3 nitrogen and oxygen atoms in total. The van der Waals surface area contributed by atoms with Crippen LogP contribution in [0.15, 0.2) is 35.5 Å². The predicted molar refractivity (Wildman–Crippen MR) is 68.3 cm³/mol. The lowest BCUT2D eigenvalue weighted by molar-refractivity contribution is 0.624. The number of rotatable bonds is 4.